The topological polar surface area (TPSA) is 35.6 Å². The molecule has 0 amide bonds. The molecule has 212 valence electrons. The maximum absolute atomic E-state index is 5.13. The molecule has 0 fully saturated rings. The van der Waals surface area contributed by atoms with Gasteiger partial charge in [-0.1, -0.05) is 54.4 Å². The van der Waals surface area contributed by atoms with Crippen molar-refractivity contribution < 1.29 is 0 Å². The summed E-state index contributed by atoms with van der Waals surface area (Å²) in [5.41, 5.74) is 8.18. The molecule has 4 heterocycles. The lowest BCUT2D eigenvalue weighted by molar-refractivity contribution is 0.543. The van der Waals surface area contributed by atoms with Crippen molar-refractivity contribution in [2.45, 2.75) is 107 Å². The van der Waals surface area contributed by atoms with Gasteiger partial charge in [-0.2, -0.15) is 0 Å². The number of aromatic nitrogens is 4. The van der Waals surface area contributed by atoms with Crippen LogP contribution in [0.4, 0.5) is 0 Å². The molecule has 0 aliphatic carbocycles. The summed E-state index contributed by atoms with van der Waals surface area (Å²) in [5, 5.41) is 8.06. The molecule has 6 heteroatoms. The van der Waals surface area contributed by atoms with Crippen LogP contribution in [0.5, 0.6) is 0 Å². The van der Waals surface area contributed by atoms with Crippen LogP contribution in [0.3, 0.4) is 0 Å². The van der Waals surface area contributed by atoms with E-state index in [0.29, 0.717) is 11.8 Å². The molecule has 0 aliphatic rings. The highest BCUT2D eigenvalue weighted by atomic mass is 32.1. The van der Waals surface area contributed by atoms with E-state index in [2.05, 4.69) is 76.7 Å². The lowest BCUT2D eigenvalue weighted by Gasteiger charge is -2.17. The predicted molar refractivity (Wildman–Crippen MR) is 178 cm³/mol. The first-order valence-electron chi connectivity index (χ1n) is 15.4. The predicted octanol–water partition coefficient (Wildman–Crippen LogP) is 10.6. The van der Waals surface area contributed by atoms with E-state index in [-0.39, 0.29) is 0 Å². The largest absolute Gasteiger partial charge is 0.324 e. The Bertz CT molecular complexity index is 1720. The summed E-state index contributed by atoms with van der Waals surface area (Å²) in [4.78, 5) is 10.3. The molecule has 2 aromatic carbocycles. The highest BCUT2D eigenvalue weighted by Crippen LogP contribution is 2.46. The van der Waals surface area contributed by atoms with Gasteiger partial charge in [-0.3, -0.25) is 0 Å². The van der Waals surface area contributed by atoms with Crippen molar-refractivity contribution in [2.24, 2.45) is 11.8 Å². The van der Waals surface area contributed by atoms with Gasteiger partial charge in [-0.15, -0.1) is 22.7 Å². The van der Waals surface area contributed by atoms with E-state index in [1.807, 2.05) is 22.7 Å². The molecule has 0 saturated carbocycles. The van der Waals surface area contributed by atoms with Gasteiger partial charge in [0.2, 0.25) is 0 Å². The molecule has 6 aromatic rings. The summed E-state index contributed by atoms with van der Waals surface area (Å²) < 4.78 is 7.92. The third-order valence-corrected chi connectivity index (χ3v) is 10.1. The van der Waals surface area contributed by atoms with Gasteiger partial charge in [0.05, 0.1) is 30.4 Å². The summed E-state index contributed by atoms with van der Waals surface area (Å²) in [7, 11) is 0. The Hall–Kier alpha value is -2.44. The summed E-state index contributed by atoms with van der Waals surface area (Å²) in [6.45, 7) is 20.3. The number of thiazole rings is 2. The number of unbranched alkanes of at least 4 members (excludes halogenated alkanes) is 2. The van der Waals surface area contributed by atoms with Gasteiger partial charge < -0.3 is 9.13 Å². The average Bonchev–Trinajstić information content (AvgIpc) is 3.61. The van der Waals surface area contributed by atoms with Crippen molar-refractivity contribution in [3.8, 4) is 0 Å². The van der Waals surface area contributed by atoms with E-state index in [4.69, 9.17) is 9.97 Å². The van der Waals surface area contributed by atoms with Crippen LogP contribution in [0.15, 0.2) is 12.1 Å². The zero-order valence-corrected chi connectivity index (χ0v) is 27.2. The number of rotatable bonds is 10. The van der Waals surface area contributed by atoms with Crippen LogP contribution in [-0.4, -0.2) is 19.1 Å². The first kappa shape index (κ1) is 27.7. The second-order valence-corrected chi connectivity index (χ2v) is 15.0. The van der Waals surface area contributed by atoms with E-state index in [1.165, 1.54) is 90.1 Å². The minimum absolute atomic E-state index is 0.542. The molecule has 0 atom stereocenters. The first-order valence-corrected chi connectivity index (χ1v) is 17.0. The second-order valence-electron chi connectivity index (χ2n) is 12.6. The Labute approximate surface area is 246 Å². The Balaban J connectivity index is 1.86. The van der Waals surface area contributed by atoms with Crippen LogP contribution in [0.25, 0.3) is 53.3 Å². The lowest BCUT2D eigenvalue weighted by atomic mass is 9.93. The van der Waals surface area contributed by atoms with Crippen LogP contribution in [0.2, 0.25) is 0 Å². The number of benzene rings is 2. The van der Waals surface area contributed by atoms with E-state index in [9.17, 15) is 0 Å². The number of fused-ring (bicyclic) bond motifs is 9. The molecule has 0 radical (unpaired) electrons. The molecule has 0 unspecified atom stereocenters. The van der Waals surface area contributed by atoms with Crippen LogP contribution in [-0.2, 0) is 25.9 Å². The molecule has 6 rings (SSSR count). The van der Waals surface area contributed by atoms with Crippen molar-refractivity contribution >= 4 is 75.9 Å². The second kappa shape index (κ2) is 10.8. The fourth-order valence-electron chi connectivity index (χ4n) is 6.63. The van der Waals surface area contributed by atoms with Gasteiger partial charge >= 0.3 is 0 Å². The van der Waals surface area contributed by atoms with Crippen molar-refractivity contribution in [1.29, 1.82) is 0 Å². The molecule has 4 aromatic heterocycles. The molecular weight excluding hydrogens is 529 g/mol. The Morgan fingerprint density at radius 3 is 1.43 bits per heavy atom. The van der Waals surface area contributed by atoms with Crippen LogP contribution >= 0.6 is 22.7 Å². The summed E-state index contributed by atoms with van der Waals surface area (Å²) in [6.07, 6.45) is 7.02. The van der Waals surface area contributed by atoms with E-state index in [0.717, 1.165) is 35.9 Å². The summed E-state index contributed by atoms with van der Waals surface area (Å²) in [6, 6.07) is 5.14. The van der Waals surface area contributed by atoms with Gasteiger partial charge in [-0.05, 0) is 74.6 Å². The minimum Gasteiger partial charge on any atom is -0.324 e. The maximum atomic E-state index is 5.13. The zero-order chi connectivity index (χ0) is 28.3. The van der Waals surface area contributed by atoms with Crippen molar-refractivity contribution in [1.82, 2.24) is 19.1 Å². The fraction of sp³-hybridized carbons (Fsp3) is 0.529. The number of nitrogens with zero attached hydrogens (tertiary/aromatic N) is 4. The molecule has 4 nitrogen and oxygen atoms in total. The summed E-state index contributed by atoms with van der Waals surface area (Å²) >= 11 is 3.76. The number of hydrogen-bond donors (Lipinski definition) is 0. The third kappa shape index (κ3) is 4.46. The SMILES string of the molecule is CCCCc1cc2c(cc(CCCC)c3c4sc(C)nc4n(CC(C)C)c23)c2c1c1sc(C)nc1n2CC(C)C. The van der Waals surface area contributed by atoms with E-state index < -0.39 is 0 Å². The maximum Gasteiger partial charge on any atom is 0.152 e. The molecule has 40 heavy (non-hydrogen) atoms. The molecule has 0 spiro atoms. The normalized spacial score (nSPS) is 12.8. The Kier molecular flexibility index (Phi) is 7.45. The highest BCUT2D eigenvalue weighted by molar-refractivity contribution is 7.20. The van der Waals surface area contributed by atoms with E-state index in [1.54, 1.807) is 0 Å². The van der Waals surface area contributed by atoms with Gasteiger partial charge in [0.15, 0.2) is 11.3 Å². The highest BCUT2D eigenvalue weighted by Gasteiger charge is 2.26. The van der Waals surface area contributed by atoms with Gasteiger partial charge in [-0.25, -0.2) is 9.97 Å². The van der Waals surface area contributed by atoms with Crippen LogP contribution < -0.4 is 0 Å². The molecule has 0 bridgehead atoms. The average molecular weight is 573 g/mol. The smallest absolute Gasteiger partial charge is 0.152 e. The quantitative estimate of drug-likeness (QED) is 0.164. The Morgan fingerprint density at radius 1 is 0.675 bits per heavy atom. The van der Waals surface area contributed by atoms with Crippen molar-refractivity contribution in [3.05, 3.63) is 33.3 Å². The lowest BCUT2D eigenvalue weighted by Crippen LogP contribution is -2.07. The summed E-state index contributed by atoms with van der Waals surface area (Å²) in [5.74, 6) is 1.08. The first-order chi connectivity index (χ1) is 19.2. The van der Waals surface area contributed by atoms with E-state index >= 15 is 0 Å². The Morgan fingerprint density at radius 2 is 1.07 bits per heavy atom. The van der Waals surface area contributed by atoms with Gasteiger partial charge in [0, 0.05) is 34.6 Å². The standard InChI is InChI=1S/C34H44N4S2/c1-9-11-13-23-15-25-26(29-27(23)31-33(35-21(7)39-31)37(29)17-19(3)4)16-24(14-12-10-2)28-30(25)38(18-20(5)6)34-32(28)40-22(8)36-34/h15-16,19-20H,9-14,17-18H2,1-8H3. The third-order valence-electron chi connectivity index (χ3n) is 8.19. The number of hydrogen-bond acceptors (Lipinski definition) is 4. The number of aryl methyl sites for hydroxylation is 4. The van der Waals surface area contributed by atoms with Gasteiger partial charge in [0.1, 0.15) is 0 Å². The minimum atomic E-state index is 0.542. The van der Waals surface area contributed by atoms with Crippen molar-refractivity contribution in [3.63, 3.8) is 0 Å². The monoisotopic (exact) mass is 572 g/mol. The molecule has 0 aliphatic heterocycles. The molecule has 0 saturated heterocycles. The molecule has 0 N–H and O–H groups in total. The van der Waals surface area contributed by atoms with Crippen LogP contribution in [0.1, 0.15) is 88.4 Å². The molecular formula is C34H44N4S2. The van der Waals surface area contributed by atoms with Gasteiger partial charge in [0.25, 0.3) is 0 Å². The van der Waals surface area contributed by atoms with Crippen LogP contribution in [0, 0.1) is 25.7 Å². The zero-order valence-electron chi connectivity index (χ0n) is 25.6. The fourth-order valence-corrected chi connectivity index (χ4v) is 8.64. The van der Waals surface area contributed by atoms with Crippen molar-refractivity contribution in [2.75, 3.05) is 0 Å².